The van der Waals surface area contributed by atoms with Crippen molar-refractivity contribution in [1.82, 2.24) is 10.2 Å². The molecular weight excluding hydrogens is 420 g/mol. The molecule has 0 aromatic heterocycles. The van der Waals surface area contributed by atoms with Crippen LogP contribution in [-0.2, 0) is 16.1 Å². The molecule has 0 fully saturated rings. The number of carbonyl (C=O) groups is 2. The first-order valence-electron chi connectivity index (χ1n) is 9.50. The summed E-state index contributed by atoms with van der Waals surface area (Å²) in [5, 5.41) is 2.80. The van der Waals surface area contributed by atoms with Crippen molar-refractivity contribution in [2.75, 3.05) is 13.2 Å². The number of hydrogen-bond donors (Lipinski definition) is 1. The van der Waals surface area contributed by atoms with Crippen molar-refractivity contribution < 1.29 is 14.3 Å². The number of carbonyl (C=O) groups excluding carboxylic acids is 2. The van der Waals surface area contributed by atoms with Crippen molar-refractivity contribution in [3.63, 3.8) is 0 Å². The highest BCUT2D eigenvalue weighted by Gasteiger charge is 2.25. The van der Waals surface area contributed by atoms with Gasteiger partial charge >= 0.3 is 0 Å². The molecule has 0 bridgehead atoms. The van der Waals surface area contributed by atoms with Crippen molar-refractivity contribution >= 4 is 27.7 Å². The lowest BCUT2D eigenvalue weighted by Gasteiger charge is -2.29. The second-order valence-electron chi connectivity index (χ2n) is 6.49. The largest absolute Gasteiger partial charge is 0.494 e. The van der Waals surface area contributed by atoms with Crippen LogP contribution in [-0.4, -0.2) is 35.9 Å². The van der Waals surface area contributed by atoms with Crippen LogP contribution in [0.3, 0.4) is 0 Å². The lowest BCUT2D eigenvalue weighted by Crippen LogP contribution is -2.47. The molecular formula is C22H27BrN2O3. The lowest BCUT2D eigenvalue weighted by molar-refractivity contribution is -0.140. The number of rotatable bonds is 10. The predicted octanol–water partition coefficient (Wildman–Crippen LogP) is 4.16. The van der Waals surface area contributed by atoms with E-state index in [2.05, 4.69) is 21.2 Å². The number of amides is 2. The van der Waals surface area contributed by atoms with Gasteiger partial charge in [0.2, 0.25) is 11.8 Å². The Bertz CT molecular complexity index is 767. The predicted molar refractivity (Wildman–Crippen MR) is 114 cm³/mol. The molecule has 0 saturated heterocycles. The van der Waals surface area contributed by atoms with Gasteiger partial charge in [0.1, 0.15) is 11.8 Å². The van der Waals surface area contributed by atoms with Gasteiger partial charge in [-0.2, -0.15) is 0 Å². The van der Waals surface area contributed by atoms with Crippen molar-refractivity contribution in [2.24, 2.45) is 0 Å². The van der Waals surface area contributed by atoms with E-state index in [-0.39, 0.29) is 11.8 Å². The van der Waals surface area contributed by atoms with Gasteiger partial charge in [-0.05, 0) is 50.1 Å². The van der Waals surface area contributed by atoms with E-state index in [4.69, 9.17) is 4.74 Å². The summed E-state index contributed by atoms with van der Waals surface area (Å²) in [6.07, 6.45) is 0.912. The SMILES string of the molecule is CCNC(=O)[C@H](C)N(Cc1cccc(Br)c1)C(=O)CCCOc1ccccc1. The zero-order valence-corrected chi connectivity index (χ0v) is 17.9. The number of hydrogen-bond acceptors (Lipinski definition) is 3. The quantitative estimate of drug-likeness (QED) is 0.557. The molecule has 0 aliphatic rings. The smallest absolute Gasteiger partial charge is 0.242 e. The van der Waals surface area contributed by atoms with E-state index in [9.17, 15) is 9.59 Å². The van der Waals surface area contributed by atoms with Crippen LogP contribution in [0.2, 0.25) is 0 Å². The molecule has 2 aromatic carbocycles. The van der Waals surface area contributed by atoms with Gasteiger partial charge in [-0.1, -0.05) is 46.3 Å². The fourth-order valence-electron chi connectivity index (χ4n) is 2.81. The van der Waals surface area contributed by atoms with Gasteiger partial charge in [-0.15, -0.1) is 0 Å². The normalized spacial score (nSPS) is 11.5. The topological polar surface area (TPSA) is 58.6 Å². The monoisotopic (exact) mass is 446 g/mol. The first-order valence-corrected chi connectivity index (χ1v) is 10.3. The molecule has 0 saturated carbocycles. The number of nitrogens with zero attached hydrogens (tertiary/aromatic N) is 1. The Morgan fingerprint density at radius 1 is 1.14 bits per heavy atom. The van der Waals surface area contributed by atoms with Crippen molar-refractivity contribution in [1.29, 1.82) is 0 Å². The molecule has 2 aromatic rings. The zero-order chi connectivity index (χ0) is 20.4. The number of benzene rings is 2. The maximum Gasteiger partial charge on any atom is 0.242 e. The van der Waals surface area contributed by atoms with Gasteiger partial charge in [0, 0.05) is 24.0 Å². The maximum absolute atomic E-state index is 12.9. The molecule has 0 heterocycles. The summed E-state index contributed by atoms with van der Waals surface area (Å²) in [4.78, 5) is 26.8. The minimum Gasteiger partial charge on any atom is -0.494 e. The Morgan fingerprint density at radius 2 is 1.89 bits per heavy atom. The standard InChI is InChI=1S/C22H27BrN2O3/c1-3-24-22(27)17(2)25(16-18-9-7-10-19(23)15-18)21(26)13-8-14-28-20-11-5-4-6-12-20/h4-7,9-12,15,17H,3,8,13-14,16H2,1-2H3,(H,24,27)/t17-/m0/s1. The fourth-order valence-corrected chi connectivity index (χ4v) is 3.26. The molecule has 0 aliphatic heterocycles. The van der Waals surface area contributed by atoms with Crippen LogP contribution in [0.1, 0.15) is 32.3 Å². The summed E-state index contributed by atoms with van der Waals surface area (Å²) in [6, 6.07) is 16.8. The first kappa shape index (κ1) is 22.0. The van der Waals surface area contributed by atoms with E-state index in [1.54, 1.807) is 11.8 Å². The average Bonchev–Trinajstić information content (AvgIpc) is 2.70. The highest BCUT2D eigenvalue weighted by atomic mass is 79.9. The van der Waals surface area contributed by atoms with Crippen LogP contribution >= 0.6 is 15.9 Å². The van der Waals surface area contributed by atoms with E-state index in [0.717, 1.165) is 15.8 Å². The van der Waals surface area contributed by atoms with Gasteiger partial charge in [0.05, 0.1) is 6.61 Å². The minimum absolute atomic E-state index is 0.0598. The summed E-state index contributed by atoms with van der Waals surface area (Å²) in [5.41, 5.74) is 0.972. The number of para-hydroxylation sites is 1. The van der Waals surface area contributed by atoms with Crippen LogP contribution in [0.15, 0.2) is 59.1 Å². The highest BCUT2D eigenvalue weighted by Crippen LogP contribution is 2.16. The molecule has 0 aliphatic carbocycles. The number of halogens is 1. The van der Waals surface area contributed by atoms with E-state index in [0.29, 0.717) is 32.5 Å². The zero-order valence-electron chi connectivity index (χ0n) is 16.4. The van der Waals surface area contributed by atoms with Gasteiger partial charge in [-0.25, -0.2) is 0 Å². The fraction of sp³-hybridized carbons (Fsp3) is 0.364. The molecule has 6 heteroatoms. The molecule has 2 amide bonds. The number of likely N-dealkylation sites (N-methyl/N-ethyl adjacent to an activating group) is 1. The Morgan fingerprint density at radius 3 is 2.57 bits per heavy atom. The summed E-state index contributed by atoms with van der Waals surface area (Å²) in [6.45, 7) is 5.01. The van der Waals surface area contributed by atoms with Crippen LogP contribution < -0.4 is 10.1 Å². The van der Waals surface area contributed by atoms with Crippen LogP contribution in [0, 0.1) is 0 Å². The number of ether oxygens (including phenoxy) is 1. The first-order chi connectivity index (χ1) is 13.5. The van der Waals surface area contributed by atoms with Crippen LogP contribution in [0.4, 0.5) is 0 Å². The third kappa shape index (κ3) is 7.00. The van der Waals surface area contributed by atoms with Gasteiger partial charge < -0.3 is 15.0 Å². The molecule has 28 heavy (non-hydrogen) atoms. The number of nitrogens with one attached hydrogen (secondary N) is 1. The molecule has 1 atom stereocenters. The van der Waals surface area contributed by atoms with Crippen molar-refractivity contribution in [3.8, 4) is 5.75 Å². The Balaban J connectivity index is 1.98. The second kappa shape index (κ2) is 11.5. The van der Waals surface area contributed by atoms with Gasteiger partial charge in [0.15, 0.2) is 0 Å². The molecule has 2 rings (SSSR count). The third-order valence-corrected chi connectivity index (χ3v) is 4.80. The minimum atomic E-state index is -0.540. The third-order valence-electron chi connectivity index (χ3n) is 4.31. The molecule has 0 spiro atoms. The van der Waals surface area contributed by atoms with Crippen LogP contribution in [0.25, 0.3) is 0 Å². The Labute approximate surface area is 175 Å². The molecule has 150 valence electrons. The van der Waals surface area contributed by atoms with E-state index in [1.807, 2.05) is 61.5 Å². The summed E-state index contributed by atoms with van der Waals surface area (Å²) in [5.74, 6) is 0.582. The Hall–Kier alpha value is -2.34. The van der Waals surface area contributed by atoms with Crippen LogP contribution in [0.5, 0.6) is 5.75 Å². The maximum atomic E-state index is 12.9. The lowest BCUT2D eigenvalue weighted by atomic mass is 10.1. The van der Waals surface area contributed by atoms with Gasteiger partial charge in [0.25, 0.3) is 0 Å². The highest BCUT2D eigenvalue weighted by molar-refractivity contribution is 9.10. The second-order valence-corrected chi connectivity index (χ2v) is 7.40. The van der Waals surface area contributed by atoms with Crippen molar-refractivity contribution in [3.05, 3.63) is 64.6 Å². The van der Waals surface area contributed by atoms with E-state index in [1.165, 1.54) is 0 Å². The summed E-state index contributed by atoms with van der Waals surface area (Å²) >= 11 is 3.45. The summed E-state index contributed by atoms with van der Waals surface area (Å²) < 4.78 is 6.60. The van der Waals surface area contributed by atoms with E-state index < -0.39 is 6.04 Å². The Kier molecular flexibility index (Phi) is 9.01. The molecule has 0 radical (unpaired) electrons. The average molecular weight is 447 g/mol. The van der Waals surface area contributed by atoms with Crippen molar-refractivity contribution in [2.45, 2.75) is 39.3 Å². The summed E-state index contributed by atoms with van der Waals surface area (Å²) in [7, 11) is 0. The molecule has 1 N–H and O–H groups in total. The van der Waals surface area contributed by atoms with E-state index >= 15 is 0 Å². The molecule has 0 unspecified atom stereocenters. The molecule has 5 nitrogen and oxygen atoms in total. The van der Waals surface area contributed by atoms with Gasteiger partial charge in [-0.3, -0.25) is 9.59 Å².